The second-order valence-corrected chi connectivity index (χ2v) is 6.52. The summed E-state index contributed by atoms with van der Waals surface area (Å²) in [6.45, 7) is 0.277. The van der Waals surface area contributed by atoms with Gasteiger partial charge in [0.05, 0.1) is 11.0 Å². The molecule has 0 radical (unpaired) electrons. The molecule has 1 aromatic heterocycles. The Bertz CT molecular complexity index is 964. The number of hydrogen-bond donors (Lipinski definition) is 2. The van der Waals surface area contributed by atoms with Crippen LogP contribution in [-0.2, 0) is 22.7 Å². The van der Waals surface area contributed by atoms with Crippen molar-refractivity contribution >= 4 is 22.8 Å². The molecule has 7 heteroatoms. The average Bonchev–Trinajstić information content (AvgIpc) is 3.49. The van der Waals surface area contributed by atoms with Gasteiger partial charge in [0.25, 0.3) is 5.91 Å². The van der Waals surface area contributed by atoms with Gasteiger partial charge >= 0.3 is 0 Å². The molecule has 27 heavy (non-hydrogen) atoms. The number of carbonyl (C=O) groups excluding carboxylic acids is 2. The Kier molecular flexibility index (Phi) is 4.74. The summed E-state index contributed by atoms with van der Waals surface area (Å²) in [4.78, 5) is 28.6. The van der Waals surface area contributed by atoms with Crippen molar-refractivity contribution in [1.82, 2.24) is 20.4 Å². The Morgan fingerprint density at radius 1 is 1.04 bits per heavy atom. The number of amides is 2. The lowest BCUT2D eigenvalue weighted by Crippen LogP contribution is -2.44. The highest BCUT2D eigenvalue weighted by atomic mass is 16.5. The monoisotopic (exact) mass is 364 g/mol. The molecule has 0 atom stereocenters. The number of aromatic nitrogens is 2. The molecule has 0 unspecified atom stereocenters. The number of nitrogens with one attached hydrogen (secondary N) is 2. The van der Waals surface area contributed by atoms with Crippen LogP contribution in [0.15, 0.2) is 54.6 Å². The number of hydrogen-bond acceptors (Lipinski definition) is 4. The maximum absolute atomic E-state index is 12.3. The molecule has 1 fully saturated rings. The van der Waals surface area contributed by atoms with Gasteiger partial charge < -0.3 is 9.30 Å². The van der Waals surface area contributed by atoms with Crippen molar-refractivity contribution in [2.24, 2.45) is 5.92 Å². The molecule has 1 aliphatic carbocycles. The molecule has 1 aliphatic rings. The maximum atomic E-state index is 12.3. The summed E-state index contributed by atoms with van der Waals surface area (Å²) >= 11 is 0. The normalized spacial score (nSPS) is 13.3. The van der Waals surface area contributed by atoms with E-state index < -0.39 is 0 Å². The lowest BCUT2D eigenvalue weighted by atomic mass is 10.3. The van der Waals surface area contributed by atoms with E-state index in [2.05, 4.69) is 15.8 Å². The summed E-state index contributed by atoms with van der Waals surface area (Å²) in [5.74, 6) is 0.967. The van der Waals surface area contributed by atoms with Gasteiger partial charge in [-0.1, -0.05) is 30.3 Å². The van der Waals surface area contributed by atoms with E-state index in [-0.39, 0.29) is 30.9 Å². The Balaban J connectivity index is 1.49. The molecular weight excluding hydrogens is 344 g/mol. The molecule has 3 aromatic rings. The topological polar surface area (TPSA) is 85.2 Å². The lowest BCUT2D eigenvalue weighted by molar-refractivity contribution is -0.129. The lowest BCUT2D eigenvalue weighted by Gasteiger charge is -2.11. The van der Waals surface area contributed by atoms with Gasteiger partial charge in [-0.2, -0.15) is 0 Å². The Hall–Kier alpha value is -3.35. The van der Waals surface area contributed by atoms with Crippen LogP contribution in [0.5, 0.6) is 5.75 Å². The zero-order chi connectivity index (χ0) is 18.6. The molecule has 2 aromatic carbocycles. The van der Waals surface area contributed by atoms with Crippen LogP contribution in [-0.4, -0.2) is 21.4 Å². The van der Waals surface area contributed by atoms with Crippen LogP contribution in [0.2, 0.25) is 0 Å². The maximum Gasteiger partial charge on any atom is 0.258 e. The molecule has 7 nitrogen and oxygen atoms in total. The number of benzene rings is 2. The first-order chi connectivity index (χ1) is 13.2. The van der Waals surface area contributed by atoms with E-state index in [0.29, 0.717) is 5.82 Å². The summed E-state index contributed by atoms with van der Waals surface area (Å²) in [6.07, 6.45) is 1.77. The van der Waals surface area contributed by atoms with Crippen molar-refractivity contribution in [1.29, 1.82) is 0 Å². The number of imidazole rings is 1. The smallest absolute Gasteiger partial charge is 0.258 e. The molecule has 1 saturated carbocycles. The minimum atomic E-state index is -0.312. The predicted octanol–water partition coefficient (Wildman–Crippen LogP) is 2.17. The first-order valence-corrected chi connectivity index (χ1v) is 8.91. The van der Waals surface area contributed by atoms with Crippen molar-refractivity contribution in [3.05, 3.63) is 60.4 Å². The van der Waals surface area contributed by atoms with Crippen LogP contribution in [0.3, 0.4) is 0 Å². The van der Waals surface area contributed by atoms with Gasteiger partial charge in [-0.25, -0.2) is 4.98 Å². The molecule has 0 aliphatic heterocycles. The van der Waals surface area contributed by atoms with E-state index >= 15 is 0 Å². The molecule has 1 heterocycles. The third-order valence-corrected chi connectivity index (χ3v) is 4.42. The number of para-hydroxylation sites is 3. The molecule has 0 saturated heterocycles. The fraction of sp³-hybridized carbons (Fsp3) is 0.250. The first-order valence-electron chi connectivity index (χ1n) is 8.91. The third kappa shape index (κ3) is 4.08. The number of carbonyl (C=O) groups is 2. The molecule has 0 spiro atoms. The standard InChI is InChI=1S/C20H20N4O3/c25-19(22-23-20(26)14-10-11-14)12-24-17-9-5-4-8-16(17)21-18(24)13-27-15-6-2-1-3-7-15/h1-9,14H,10-13H2,(H,22,25)(H,23,26). The van der Waals surface area contributed by atoms with Crippen LogP contribution in [0.1, 0.15) is 18.7 Å². The van der Waals surface area contributed by atoms with Crippen molar-refractivity contribution < 1.29 is 14.3 Å². The third-order valence-electron chi connectivity index (χ3n) is 4.42. The fourth-order valence-electron chi connectivity index (χ4n) is 2.84. The van der Waals surface area contributed by atoms with Crippen LogP contribution in [0, 0.1) is 5.92 Å². The summed E-state index contributed by atoms with van der Waals surface area (Å²) in [6, 6.07) is 17.0. The fourth-order valence-corrected chi connectivity index (χ4v) is 2.84. The van der Waals surface area contributed by atoms with Gasteiger partial charge in [-0.3, -0.25) is 20.4 Å². The van der Waals surface area contributed by atoms with E-state index in [0.717, 1.165) is 29.6 Å². The van der Waals surface area contributed by atoms with Crippen LogP contribution in [0.25, 0.3) is 11.0 Å². The number of ether oxygens (including phenoxy) is 1. The van der Waals surface area contributed by atoms with Crippen molar-refractivity contribution in [3.8, 4) is 5.75 Å². The Labute approximate surface area is 156 Å². The zero-order valence-electron chi connectivity index (χ0n) is 14.7. The van der Waals surface area contributed by atoms with Gasteiger partial charge in [-0.05, 0) is 37.1 Å². The number of nitrogens with zero attached hydrogens (tertiary/aromatic N) is 2. The molecule has 4 rings (SSSR count). The highest BCUT2D eigenvalue weighted by molar-refractivity contribution is 5.85. The second kappa shape index (κ2) is 7.49. The first kappa shape index (κ1) is 17.1. The molecular formula is C20H20N4O3. The quantitative estimate of drug-likeness (QED) is 0.657. The van der Waals surface area contributed by atoms with Gasteiger partial charge in [0.1, 0.15) is 24.7 Å². The molecule has 2 amide bonds. The van der Waals surface area contributed by atoms with Gasteiger partial charge in [0.2, 0.25) is 5.91 Å². The highest BCUT2D eigenvalue weighted by Crippen LogP contribution is 2.28. The van der Waals surface area contributed by atoms with E-state index in [9.17, 15) is 9.59 Å². The van der Waals surface area contributed by atoms with Crippen LogP contribution in [0.4, 0.5) is 0 Å². The summed E-state index contributed by atoms with van der Waals surface area (Å²) in [7, 11) is 0. The Morgan fingerprint density at radius 2 is 1.78 bits per heavy atom. The molecule has 138 valence electrons. The van der Waals surface area contributed by atoms with Crippen molar-refractivity contribution in [2.75, 3.05) is 0 Å². The van der Waals surface area contributed by atoms with E-state index in [1.165, 1.54) is 0 Å². The minimum absolute atomic E-state index is 0.0363. The van der Waals surface area contributed by atoms with Gasteiger partial charge in [0.15, 0.2) is 0 Å². The largest absolute Gasteiger partial charge is 0.486 e. The van der Waals surface area contributed by atoms with Crippen molar-refractivity contribution in [2.45, 2.75) is 26.0 Å². The SMILES string of the molecule is O=C(Cn1c(COc2ccccc2)nc2ccccc21)NNC(=O)C1CC1. The van der Waals surface area contributed by atoms with Gasteiger partial charge in [-0.15, -0.1) is 0 Å². The van der Waals surface area contributed by atoms with Gasteiger partial charge in [0, 0.05) is 5.92 Å². The average molecular weight is 364 g/mol. The van der Waals surface area contributed by atoms with Crippen LogP contribution >= 0.6 is 0 Å². The van der Waals surface area contributed by atoms with Crippen molar-refractivity contribution in [3.63, 3.8) is 0 Å². The summed E-state index contributed by atoms with van der Waals surface area (Å²) in [5, 5.41) is 0. The summed E-state index contributed by atoms with van der Waals surface area (Å²) in [5.41, 5.74) is 6.59. The second-order valence-electron chi connectivity index (χ2n) is 6.52. The van der Waals surface area contributed by atoms with E-state index in [4.69, 9.17) is 4.74 Å². The predicted molar refractivity (Wildman–Crippen MR) is 99.5 cm³/mol. The highest BCUT2D eigenvalue weighted by Gasteiger charge is 2.29. The van der Waals surface area contributed by atoms with E-state index in [1.807, 2.05) is 54.6 Å². The minimum Gasteiger partial charge on any atom is -0.486 e. The number of rotatable bonds is 6. The number of fused-ring (bicyclic) bond motifs is 1. The van der Waals surface area contributed by atoms with E-state index in [1.54, 1.807) is 4.57 Å². The molecule has 0 bridgehead atoms. The van der Waals surface area contributed by atoms with Crippen LogP contribution < -0.4 is 15.6 Å². The summed E-state index contributed by atoms with van der Waals surface area (Å²) < 4.78 is 7.60. The zero-order valence-corrected chi connectivity index (χ0v) is 14.7. The Morgan fingerprint density at radius 3 is 2.56 bits per heavy atom. The molecule has 2 N–H and O–H groups in total. The number of hydrazine groups is 1.